The maximum absolute atomic E-state index is 12.2. The van der Waals surface area contributed by atoms with Crippen LogP contribution in [0.25, 0.3) is 0 Å². The highest BCUT2D eigenvalue weighted by atomic mass is 35.5. The summed E-state index contributed by atoms with van der Waals surface area (Å²) in [5.74, 6) is 0.927. The van der Waals surface area contributed by atoms with Crippen molar-refractivity contribution in [2.75, 3.05) is 53.9 Å². The van der Waals surface area contributed by atoms with Crippen LogP contribution in [-0.4, -0.2) is 86.4 Å². The van der Waals surface area contributed by atoms with Gasteiger partial charge in [-0.05, 0) is 39.9 Å². The molecule has 2 atom stereocenters. The molecule has 0 spiro atoms. The number of likely N-dealkylation sites (N-methyl/N-ethyl adjacent to an activating group) is 2. The van der Waals surface area contributed by atoms with E-state index in [9.17, 15) is 9.59 Å². The molecule has 136 valence electrons. The lowest BCUT2D eigenvalue weighted by Crippen LogP contribution is -2.58. The van der Waals surface area contributed by atoms with Crippen LogP contribution in [0.3, 0.4) is 0 Å². The van der Waals surface area contributed by atoms with Gasteiger partial charge in [0.05, 0.1) is 6.54 Å². The summed E-state index contributed by atoms with van der Waals surface area (Å²) in [6.07, 6.45) is 2.46. The molecule has 6 nitrogen and oxygen atoms in total. The monoisotopic (exact) mass is 368 g/mol. The van der Waals surface area contributed by atoms with E-state index < -0.39 is 0 Å². The molecule has 2 aliphatic heterocycles. The number of nitrogens with one attached hydrogen (secondary N) is 1. The number of fused-ring (bicyclic) bond motifs is 1. The van der Waals surface area contributed by atoms with E-state index in [0.29, 0.717) is 24.9 Å². The van der Waals surface area contributed by atoms with Gasteiger partial charge >= 0.3 is 0 Å². The Morgan fingerprint density at radius 2 is 2.00 bits per heavy atom. The number of halogens is 2. The van der Waals surface area contributed by atoms with E-state index in [2.05, 4.69) is 5.32 Å². The van der Waals surface area contributed by atoms with Crippen molar-refractivity contribution in [2.45, 2.75) is 25.3 Å². The summed E-state index contributed by atoms with van der Waals surface area (Å²) >= 11 is 0. The van der Waals surface area contributed by atoms with Crippen molar-refractivity contribution in [2.24, 2.45) is 5.92 Å². The van der Waals surface area contributed by atoms with Crippen LogP contribution in [0.5, 0.6) is 0 Å². The van der Waals surface area contributed by atoms with Gasteiger partial charge in [-0.15, -0.1) is 24.8 Å². The molecule has 0 bridgehead atoms. The summed E-state index contributed by atoms with van der Waals surface area (Å²) in [5, 5.41) is 3.12. The summed E-state index contributed by atoms with van der Waals surface area (Å²) in [5.41, 5.74) is 0. The van der Waals surface area contributed by atoms with Gasteiger partial charge in [-0.2, -0.15) is 0 Å². The first-order valence-electron chi connectivity index (χ1n) is 7.89. The molecule has 0 aromatic carbocycles. The molecule has 2 fully saturated rings. The maximum atomic E-state index is 12.2. The second kappa shape index (κ2) is 10.3. The Morgan fingerprint density at radius 1 is 1.30 bits per heavy atom. The van der Waals surface area contributed by atoms with Crippen LogP contribution in [0, 0.1) is 5.92 Å². The zero-order valence-corrected chi connectivity index (χ0v) is 15.9. The highest BCUT2D eigenvalue weighted by molar-refractivity contribution is 5.85. The highest BCUT2D eigenvalue weighted by Gasteiger charge is 2.39. The van der Waals surface area contributed by atoms with Gasteiger partial charge in [-0.25, -0.2) is 0 Å². The zero-order chi connectivity index (χ0) is 15.4. The number of likely N-dealkylation sites (tertiary alicyclic amines) is 2. The van der Waals surface area contributed by atoms with E-state index in [1.165, 1.54) is 0 Å². The standard InChI is InChI=1S/C15H28N4O2.2ClH/c1-16-7-9-19-13-6-8-18(15(21)11-17(2)3)10-12(13)4-5-14(19)20;;/h12-13,16H,4-11H2,1-3H3;2*1H/t12-,13+;;/m0../s1. The molecule has 1 N–H and O–H groups in total. The molecule has 0 aromatic rings. The number of amides is 2. The Hall–Kier alpha value is -0.560. The molecule has 2 aliphatic rings. The zero-order valence-electron chi connectivity index (χ0n) is 14.3. The van der Waals surface area contributed by atoms with Gasteiger partial charge < -0.3 is 20.0 Å². The van der Waals surface area contributed by atoms with Crippen LogP contribution in [0.2, 0.25) is 0 Å². The molecule has 2 amide bonds. The quantitative estimate of drug-likeness (QED) is 0.765. The topological polar surface area (TPSA) is 55.9 Å². The third-order valence-electron chi connectivity index (χ3n) is 4.55. The Bertz CT molecular complexity index is 396. The SMILES string of the molecule is CNCCN1C(=O)CC[C@H]2CN(C(=O)CN(C)C)CC[C@H]21.Cl.Cl. The van der Waals surface area contributed by atoms with E-state index in [1.54, 1.807) is 0 Å². The second-order valence-corrected chi connectivity index (χ2v) is 6.42. The van der Waals surface area contributed by atoms with Crippen molar-refractivity contribution < 1.29 is 9.59 Å². The fraction of sp³-hybridized carbons (Fsp3) is 0.867. The molecule has 0 saturated carbocycles. The summed E-state index contributed by atoms with van der Waals surface area (Å²) in [6, 6.07) is 0.322. The number of carbonyl (C=O) groups is 2. The lowest BCUT2D eigenvalue weighted by Gasteiger charge is -2.47. The van der Waals surface area contributed by atoms with Crippen molar-refractivity contribution in [3.05, 3.63) is 0 Å². The molecular weight excluding hydrogens is 339 g/mol. The molecule has 2 saturated heterocycles. The minimum absolute atomic E-state index is 0. The first-order chi connectivity index (χ1) is 10.0. The number of hydrogen-bond donors (Lipinski definition) is 1. The van der Waals surface area contributed by atoms with Crippen molar-refractivity contribution >= 4 is 36.6 Å². The van der Waals surface area contributed by atoms with E-state index >= 15 is 0 Å². The number of hydrogen-bond acceptors (Lipinski definition) is 4. The molecule has 8 heteroatoms. The number of carbonyl (C=O) groups excluding carboxylic acids is 2. The Balaban J connectivity index is 0.00000242. The molecular formula is C15H30Cl2N4O2. The van der Waals surface area contributed by atoms with Gasteiger partial charge in [0.1, 0.15) is 0 Å². The van der Waals surface area contributed by atoms with Gasteiger partial charge in [0.2, 0.25) is 11.8 Å². The van der Waals surface area contributed by atoms with Crippen LogP contribution in [0.1, 0.15) is 19.3 Å². The third-order valence-corrected chi connectivity index (χ3v) is 4.55. The minimum atomic E-state index is 0. The summed E-state index contributed by atoms with van der Waals surface area (Å²) in [7, 11) is 5.75. The van der Waals surface area contributed by atoms with Crippen molar-refractivity contribution in [3.8, 4) is 0 Å². The lowest BCUT2D eigenvalue weighted by molar-refractivity contribution is -0.144. The van der Waals surface area contributed by atoms with Gasteiger partial charge in [0, 0.05) is 38.6 Å². The average Bonchev–Trinajstić information content (AvgIpc) is 2.45. The van der Waals surface area contributed by atoms with Crippen LogP contribution >= 0.6 is 24.8 Å². The van der Waals surface area contributed by atoms with Crippen molar-refractivity contribution in [1.29, 1.82) is 0 Å². The fourth-order valence-corrected chi connectivity index (χ4v) is 3.47. The van der Waals surface area contributed by atoms with Gasteiger partial charge in [-0.1, -0.05) is 0 Å². The second-order valence-electron chi connectivity index (χ2n) is 6.42. The summed E-state index contributed by atoms with van der Waals surface area (Å²) in [4.78, 5) is 30.3. The van der Waals surface area contributed by atoms with E-state index in [0.717, 1.165) is 39.0 Å². The lowest BCUT2D eigenvalue weighted by atomic mass is 9.83. The van der Waals surface area contributed by atoms with Crippen LogP contribution in [0.15, 0.2) is 0 Å². The molecule has 2 rings (SSSR count). The van der Waals surface area contributed by atoms with Gasteiger partial charge in [-0.3, -0.25) is 9.59 Å². The van der Waals surface area contributed by atoms with E-state index in [4.69, 9.17) is 0 Å². The minimum Gasteiger partial charge on any atom is -0.341 e. The summed E-state index contributed by atoms with van der Waals surface area (Å²) < 4.78 is 0. The molecule has 0 aliphatic carbocycles. The Morgan fingerprint density at radius 3 is 2.61 bits per heavy atom. The van der Waals surface area contributed by atoms with Gasteiger partial charge in [0.25, 0.3) is 0 Å². The Kier molecular flexibility index (Phi) is 10.1. The Labute approximate surface area is 151 Å². The number of nitrogens with zero attached hydrogens (tertiary/aromatic N) is 3. The third kappa shape index (κ3) is 5.78. The molecule has 0 unspecified atom stereocenters. The van der Waals surface area contributed by atoms with Crippen molar-refractivity contribution in [3.63, 3.8) is 0 Å². The maximum Gasteiger partial charge on any atom is 0.236 e. The molecule has 2 heterocycles. The van der Waals surface area contributed by atoms with Crippen LogP contribution < -0.4 is 5.32 Å². The van der Waals surface area contributed by atoms with Crippen LogP contribution in [0.4, 0.5) is 0 Å². The number of rotatable bonds is 5. The molecule has 23 heavy (non-hydrogen) atoms. The van der Waals surface area contributed by atoms with Crippen LogP contribution in [-0.2, 0) is 9.59 Å². The first kappa shape index (κ1) is 22.4. The number of piperidine rings is 2. The van der Waals surface area contributed by atoms with E-state index in [1.807, 2.05) is 35.8 Å². The largest absolute Gasteiger partial charge is 0.341 e. The molecule has 0 radical (unpaired) electrons. The summed E-state index contributed by atoms with van der Waals surface area (Å²) in [6.45, 7) is 3.66. The van der Waals surface area contributed by atoms with Gasteiger partial charge in [0.15, 0.2) is 0 Å². The smallest absolute Gasteiger partial charge is 0.236 e. The predicted octanol–water partition coefficient (Wildman–Crippen LogP) is 0.450. The fourth-order valence-electron chi connectivity index (χ4n) is 3.47. The van der Waals surface area contributed by atoms with Crippen molar-refractivity contribution in [1.82, 2.24) is 20.0 Å². The highest BCUT2D eigenvalue weighted by Crippen LogP contribution is 2.31. The first-order valence-corrected chi connectivity index (χ1v) is 7.89. The van der Waals surface area contributed by atoms with E-state index in [-0.39, 0.29) is 36.6 Å². The normalized spacial score (nSPS) is 23.9. The average molecular weight is 369 g/mol. The predicted molar refractivity (Wildman–Crippen MR) is 96.4 cm³/mol. The molecule has 0 aromatic heterocycles.